The first-order valence-corrected chi connectivity index (χ1v) is 11.1. The van der Waals surface area contributed by atoms with E-state index in [9.17, 15) is 13.9 Å². The van der Waals surface area contributed by atoms with E-state index in [2.05, 4.69) is 15.4 Å². The molecule has 0 saturated heterocycles. The summed E-state index contributed by atoms with van der Waals surface area (Å²) in [4.78, 5) is 3.06. The van der Waals surface area contributed by atoms with E-state index in [1.54, 1.807) is 31.0 Å². The number of anilines is 1. The Kier molecular flexibility index (Phi) is 5.27. The fraction of sp³-hybridized carbons (Fsp3) is 0.208. The maximum atomic E-state index is 12.6. The molecule has 1 N–H and O–H groups in total. The van der Waals surface area contributed by atoms with Crippen LogP contribution in [0.1, 0.15) is 5.56 Å². The van der Waals surface area contributed by atoms with Crippen molar-refractivity contribution in [1.82, 2.24) is 0 Å². The zero-order valence-corrected chi connectivity index (χ0v) is 18.1. The Balaban J connectivity index is 1.61. The summed E-state index contributed by atoms with van der Waals surface area (Å²) in [6.07, 6.45) is 0. The third kappa shape index (κ3) is 3.49. The fourth-order valence-electron chi connectivity index (χ4n) is 4.25. The average molecular weight is 456 g/mol. The van der Waals surface area contributed by atoms with Crippen molar-refractivity contribution in [3.8, 4) is 11.5 Å². The first-order valence-electron chi connectivity index (χ1n) is 10.1. The fourth-order valence-corrected chi connectivity index (χ4v) is 5.32. The molecule has 164 valence electrons. The van der Waals surface area contributed by atoms with Gasteiger partial charge >= 0.3 is 6.61 Å². The summed E-state index contributed by atoms with van der Waals surface area (Å²) in [6.45, 7) is -2.61. The molecule has 3 aromatic rings. The molecule has 1 unspecified atom stereocenters. The van der Waals surface area contributed by atoms with Crippen LogP contribution in [0.5, 0.6) is 11.5 Å². The number of methoxy groups -OCH3 is 1. The Labute approximate surface area is 188 Å². The molecule has 2 aliphatic heterocycles. The van der Waals surface area contributed by atoms with E-state index in [0.29, 0.717) is 17.9 Å². The van der Waals surface area contributed by atoms with E-state index in [0.717, 1.165) is 27.9 Å². The summed E-state index contributed by atoms with van der Waals surface area (Å²) in [6, 6.07) is 21.8. The van der Waals surface area contributed by atoms with Crippen molar-refractivity contribution in [2.24, 2.45) is 0 Å². The number of amidine groups is 1. The minimum absolute atomic E-state index is 0.0487. The maximum Gasteiger partial charge on any atom is 0.387 e. The van der Waals surface area contributed by atoms with Gasteiger partial charge in [0.2, 0.25) is 0 Å². The van der Waals surface area contributed by atoms with Crippen molar-refractivity contribution in [3.05, 3.63) is 78.4 Å². The van der Waals surface area contributed by atoms with Crippen LogP contribution in [0, 0.1) is 0 Å². The molecular weight excluding hydrogens is 434 g/mol. The third-order valence-corrected chi connectivity index (χ3v) is 6.76. The quantitative estimate of drug-likeness (QED) is 0.560. The molecule has 0 spiro atoms. The molecule has 0 saturated carbocycles. The highest BCUT2D eigenvalue weighted by Crippen LogP contribution is 2.44. The first kappa shape index (κ1) is 20.8. The zero-order valence-electron chi connectivity index (χ0n) is 17.2. The van der Waals surface area contributed by atoms with Gasteiger partial charge in [0.15, 0.2) is 6.54 Å². The summed E-state index contributed by atoms with van der Waals surface area (Å²) < 4.78 is 37.1. The van der Waals surface area contributed by atoms with Crippen LogP contribution in [0.2, 0.25) is 0 Å². The van der Waals surface area contributed by atoms with Gasteiger partial charge in [-0.05, 0) is 60.7 Å². The first-order chi connectivity index (χ1) is 15.5. The lowest BCUT2D eigenvalue weighted by atomic mass is 10.0. The number of para-hydroxylation sites is 1. The van der Waals surface area contributed by atoms with E-state index < -0.39 is 12.3 Å². The van der Waals surface area contributed by atoms with Gasteiger partial charge in [0, 0.05) is 5.56 Å². The molecule has 0 fully saturated rings. The minimum atomic E-state index is -2.90. The molecule has 1 atom stereocenters. The molecule has 5 nitrogen and oxygen atoms in total. The Morgan fingerprint density at radius 2 is 1.69 bits per heavy atom. The van der Waals surface area contributed by atoms with Gasteiger partial charge < -0.3 is 14.6 Å². The van der Waals surface area contributed by atoms with Gasteiger partial charge in [-0.2, -0.15) is 13.7 Å². The topological polar surface area (TPSA) is 44.9 Å². The second-order valence-electron chi connectivity index (χ2n) is 7.51. The van der Waals surface area contributed by atoms with Crippen molar-refractivity contribution >= 4 is 29.0 Å². The predicted molar refractivity (Wildman–Crippen MR) is 119 cm³/mol. The Morgan fingerprint density at radius 3 is 2.38 bits per heavy atom. The van der Waals surface area contributed by atoms with E-state index in [4.69, 9.17) is 4.74 Å². The molecule has 0 radical (unpaired) electrons. The number of aliphatic hydroxyl groups is 1. The number of rotatable bonds is 5. The highest BCUT2D eigenvalue weighted by atomic mass is 32.2. The SMILES string of the molecule is COc1ccc(N2C3=[N+](CC2(O)c2ccc(OC(F)F)cc2)c2ccccc2SC3)cc1. The van der Waals surface area contributed by atoms with Crippen LogP contribution in [0.15, 0.2) is 77.7 Å². The predicted octanol–water partition coefficient (Wildman–Crippen LogP) is 4.81. The van der Waals surface area contributed by atoms with Crippen LogP contribution in [0.4, 0.5) is 20.2 Å². The lowest BCUT2D eigenvalue weighted by Crippen LogP contribution is -2.48. The van der Waals surface area contributed by atoms with Crippen LogP contribution in [-0.2, 0) is 5.72 Å². The maximum absolute atomic E-state index is 12.6. The third-order valence-electron chi connectivity index (χ3n) is 5.70. The number of benzene rings is 3. The Bertz CT molecular complexity index is 1170. The highest BCUT2D eigenvalue weighted by Gasteiger charge is 2.55. The molecule has 0 aromatic heterocycles. The number of alkyl halides is 2. The zero-order chi connectivity index (χ0) is 22.3. The Morgan fingerprint density at radius 1 is 1.00 bits per heavy atom. The number of ether oxygens (including phenoxy) is 2. The normalized spacial score (nSPS) is 19.7. The van der Waals surface area contributed by atoms with Gasteiger partial charge in [-0.25, -0.2) is 4.58 Å². The van der Waals surface area contributed by atoms with Crippen LogP contribution < -0.4 is 14.4 Å². The van der Waals surface area contributed by atoms with Crippen molar-refractivity contribution in [2.45, 2.75) is 17.2 Å². The van der Waals surface area contributed by atoms with Gasteiger partial charge in [0.05, 0.1) is 12.0 Å². The van der Waals surface area contributed by atoms with E-state index in [1.165, 1.54) is 12.1 Å². The van der Waals surface area contributed by atoms with Gasteiger partial charge in [-0.3, -0.25) is 0 Å². The molecule has 3 aromatic carbocycles. The number of fused-ring (bicyclic) bond motifs is 2. The molecule has 32 heavy (non-hydrogen) atoms. The van der Waals surface area contributed by atoms with Crippen molar-refractivity contribution in [2.75, 3.05) is 24.3 Å². The molecular formula is C24H21F2N2O3S+. The second-order valence-corrected chi connectivity index (χ2v) is 8.53. The van der Waals surface area contributed by atoms with E-state index >= 15 is 0 Å². The van der Waals surface area contributed by atoms with E-state index in [1.807, 2.05) is 47.4 Å². The summed E-state index contributed by atoms with van der Waals surface area (Å²) in [7, 11) is 1.61. The monoisotopic (exact) mass is 455 g/mol. The molecule has 5 rings (SSSR count). The number of nitrogens with zero attached hydrogens (tertiary/aromatic N) is 2. The number of hydrogen-bond donors (Lipinski definition) is 1. The van der Waals surface area contributed by atoms with Gasteiger partial charge in [-0.1, -0.05) is 12.1 Å². The van der Waals surface area contributed by atoms with E-state index in [-0.39, 0.29) is 5.75 Å². The molecule has 8 heteroatoms. The molecule has 0 bridgehead atoms. The molecule has 0 aliphatic carbocycles. The summed E-state index contributed by atoms with van der Waals surface area (Å²) in [5, 5.41) is 12.1. The van der Waals surface area contributed by atoms with Crippen LogP contribution in [-0.4, -0.2) is 41.5 Å². The summed E-state index contributed by atoms with van der Waals surface area (Å²) >= 11 is 1.72. The molecule has 0 amide bonds. The van der Waals surface area contributed by atoms with Crippen LogP contribution in [0.25, 0.3) is 0 Å². The lowest BCUT2D eigenvalue weighted by molar-refractivity contribution is -0.453. The van der Waals surface area contributed by atoms with Crippen molar-refractivity contribution in [3.63, 3.8) is 0 Å². The Hall–Kier alpha value is -3.10. The van der Waals surface area contributed by atoms with Crippen LogP contribution in [0.3, 0.4) is 0 Å². The highest BCUT2D eigenvalue weighted by molar-refractivity contribution is 8.00. The standard InChI is InChI=1S/C24H21F2N2O3S/c1-30-18-12-8-17(9-13-18)28-22-14-32-21-5-3-2-4-20(21)27(22)15-24(28,29)16-6-10-19(11-7-16)31-23(25)26/h2-13,23,29H,14-15H2,1H3/q+1. The number of thioether (sulfide) groups is 1. The minimum Gasteiger partial charge on any atom is -0.497 e. The number of halogens is 2. The molecule has 2 aliphatic rings. The van der Waals surface area contributed by atoms with Gasteiger partial charge in [0.1, 0.15) is 28.6 Å². The van der Waals surface area contributed by atoms with Crippen LogP contribution >= 0.6 is 11.8 Å². The molecule has 2 heterocycles. The summed E-state index contributed by atoms with van der Waals surface area (Å²) in [5.41, 5.74) is 1.01. The van der Waals surface area contributed by atoms with Crippen molar-refractivity contribution < 1.29 is 27.9 Å². The average Bonchev–Trinajstić information content (AvgIpc) is 3.12. The smallest absolute Gasteiger partial charge is 0.387 e. The van der Waals surface area contributed by atoms with Gasteiger partial charge in [0.25, 0.3) is 11.6 Å². The second kappa shape index (κ2) is 8.11. The van der Waals surface area contributed by atoms with Crippen molar-refractivity contribution in [1.29, 1.82) is 0 Å². The van der Waals surface area contributed by atoms with Gasteiger partial charge in [-0.15, -0.1) is 11.8 Å². The largest absolute Gasteiger partial charge is 0.497 e. The summed E-state index contributed by atoms with van der Waals surface area (Å²) in [5.74, 6) is 2.40. The lowest BCUT2D eigenvalue weighted by Gasteiger charge is -2.29. The number of hydrogen-bond acceptors (Lipinski definition) is 5.